The van der Waals surface area contributed by atoms with Crippen LogP contribution in [-0.2, 0) is 4.79 Å². The van der Waals surface area contributed by atoms with E-state index in [1.165, 1.54) is 6.08 Å². The van der Waals surface area contributed by atoms with E-state index in [1.807, 2.05) is 6.07 Å². The van der Waals surface area contributed by atoms with Crippen LogP contribution in [-0.4, -0.2) is 5.78 Å². The smallest absolute Gasteiger partial charge is 0.161 e. The predicted octanol–water partition coefficient (Wildman–Crippen LogP) is 1.81. The van der Waals surface area contributed by atoms with Gasteiger partial charge in [0.15, 0.2) is 11.5 Å². The van der Waals surface area contributed by atoms with Crippen LogP contribution in [0.4, 0.5) is 11.4 Å². The zero-order chi connectivity index (χ0) is 11.1. The van der Waals surface area contributed by atoms with Crippen LogP contribution < -0.4 is 15.8 Å². The lowest BCUT2D eigenvalue weighted by Gasteiger charge is -2.24. The Kier molecular flexibility index (Phi) is 1.77. The van der Waals surface area contributed by atoms with Crippen LogP contribution >= 0.6 is 0 Å². The van der Waals surface area contributed by atoms with Gasteiger partial charge in [0.2, 0.25) is 0 Å². The van der Waals surface area contributed by atoms with Gasteiger partial charge in [-0.15, -0.1) is 0 Å². The lowest BCUT2D eigenvalue weighted by Crippen LogP contribution is -2.18. The minimum absolute atomic E-state index is 0.0775. The molecule has 0 spiro atoms. The second-order valence-corrected chi connectivity index (χ2v) is 3.80. The van der Waals surface area contributed by atoms with Crippen molar-refractivity contribution in [1.29, 1.82) is 0 Å². The van der Waals surface area contributed by atoms with Gasteiger partial charge in [-0.05, 0) is 24.3 Å². The molecule has 4 nitrogen and oxygen atoms in total. The number of fused-ring (bicyclic) bond motifs is 1. The first-order valence-corrected chi connectivity index (χ1v) is 5.01. The topological polar surface area (TPSA) is 64.3 Å². The Hall–Kier alpha value is -2.23. The third-order valence-electron chi connectivity index (χ3n) is 2.58. The summed E-state index contributed by atoms with van der Waals surface area (Å²) >= 11 is 0. The minimum Gasteiger partial charge on any atom is -0.453 e. The molecule has 1 aromatic rings. The molecular weight excluding hydrogens is 204 g/mol. The molecule has 0 saturated carbocycles. The van der Waals surface area contributed by atoms with Gasteiger partial charge < -0.3 is 15.8 Å². The fourth-order valence-corrected chi connectivity index (χ4v) is 1.80. The van der Waals surface area contributed by atoms with Gasteiger partial charge in [-0.1, -0.05) is 0 Å². The second-order valence-electron chi connectivity index (χ2n) is 3.80. The quantitative estimate of drug-likeness (QED) is 0.646. The molecule has 1 aromatic carbocycles. The van der Waals surface area contributed by atoms with Crippen molar-refractivity contribution in [3.8, 4) is 5.75 Å². The van der Waals surface area contributed by atoms with Gasteiger partial charge in [0.1, 0.15) is 5.76 Å². The molecule has 0 amide bonds. The molecular formula is C12H10N2O2. The molecule has 3 rings (SSSR count). The zero-order valence-corrected chi connectivity index (χ0v) is 8.49. The van der Waals surface area contributed by atoms with Gasteiger partial charge in [-0.25, -0.2) is 0 Å². The van der Waals surface area contributed by atoms with Crippen LogP contribution in [0, 0.1) is 0 Å². The van der Waals surface area contributed by atoms with E-state index in [2.05, 4.69) is 5.32 Å². The van der Waals surface area contributed by atoms with Crippen LogP contribution in [0.2, 0.25) is 0 Å². The number of nitrogen functional groups attached to an aromatic ring is 1. The van der Waals surface area contributed by atoms with Crippen LogP contribution in [0.1, 0.15) is 6.42 Å². The highest BCUT2D eigenvalue weighted by Crippen LogP contribution is 2.36. The number of nitrogens with two attached hydrogens (primary N) is 1. The van der Waals surface area contributed by atoms with E-state index in [4.69, 9.17) is 10.5 Å². The molecule has 0 aromatic heterocycles. The maximum atomic E-state index is 11.2. The van der Waals surface area contributed by atoms with Crippen LogP contribution in [0.15, 0.2) is 41.8 Å². The van der Waals surface area contributed by atoms with Gasteiger partial charge in [-0.2, -0.15) is 0 Å². The second kappa shape index (κ2) is 3.13. The molecule has 1 aliphatic heterocycles. The van der Waals surface area contributed by atoms with Crippen molar-refractivity contribution in [3.63, 3.8) is 0 Å². The Labute approximate surface area is 92.4 Å². The van der Waals surface area contributed by atoms with Crippen molar-refractivity contribution in [2.45, 2.75) is 6.42 Å². The summed E-state index contributed by atoms with van der Waals surface area (Å²) in [5.41, 5.74) is 7.98. The molecule has 16 heavy (non-hydrogen) atoms. The van der Waals surface area contributed by atoms with Gasteiger partial charge in [-0.3, -0.25) is 4.79 Å². The number of anilines is 2. The molecule has 0 atom stereocenters. The molecule has 2 aliphatic rings. The van der Waals surface area contributed by atoms with Crippen LogP contribution in [0.25, 0.3) is 0 Å². The summed E-state index contributed by atoms with van der Waals surface area (Å²) in [5.74, 6) is 1.46. The Balaban J connectivity index is 2.02. The highest BCUT2D eigenvalue weighted by molar-refractivity contribution is 5.94. The fourth-order valence-electron chi connectivity index (χ4n) is 1.80. The molecule has 0 fully saturated rings. The minimum atomic E-state index is 0.0775. The maximum Gasteiger partial charge on any atom is 0.161 e. The molecule has 4 heteroatoms. The van der Waals surface area contributed by atoms with Crippen molar-refractivity contribution in [3.05, 3.63) is 41.8 Å². The van der Waals surface area contributed by atoms with Crippen molar-refractivity contribution >= 4 is 17.2 Å². The number of hydrogen-bond acceptors (Lipinski definition) is 4. The molecule has 1 aliphatic carbocycles. The predicted molar refractivity (Wildman–Crippen MR) is 60.9 cm³/mol. The van der Waals surface area contributed by atoms with Crippen LogP contribution in [0.3, 0.4) is 0 Å². The van der Waals surface area contributed by atoms with E-state index in [0.717, 1.165) is 11.4 Å². The molecule has 3 N–H and O–H groups in total. The molecule has 0 bridgehead atoms. The number of rotatable bonds is 0. The summed E-state index contributed by atoms with van der Waals surface area (Å²) in [6.45, 7) is 0. The Bertz CT molecular complexity index is 544. The molecule has 0 radical (unpaired) electrons. The number of carbonyl (C=O) groups is 1. The summed E-state index contributed by atoms with van der Waals surface area (Å²) in [6, 6.07) is 5.40. The highest BCUT2D eigenvalue weighted by atomic mass is 16.5. The average molecular weight is 214 g/mol. The lowest BCUT2D eigenvalue weighted by molar-refractivity contribution is -0.114. The first-order valence-electron chi connectivity index (χ1n) is 5.01. The van der Waals surface area contributed by atoms with E-state index >= 15 is 0 Å². The van der Waals surface area contributed by atoms with E-state index in [1.54, 1.807) is 18.2 Å². The van der Waals surface area contributed by atoms with Gasteiger partial charge >= 0.3 is 0 Å². The van der Waals surface area contributed by atoms with E-state index in [-0.39, 0.29) is 5.78 Å². The van der Waals surface area contributed by atoms with Gasteiger partial charge in [0.05, 0.1) is 17.8 Å². The maximum absolute atomic E-state index is 11.2. The van der Waals surface area contributed by atoms with Crippen molar-refractivity contribution in [2.75, 3.05) is 11.1 Å². The van der Waals surface area contributed by atoms with Crippen LogP contribution in [0.5, 0.6) is 5.75 Å². The lowest BCUT2D eigenvalue weighted by atomic mass is 10.1. The standard InChI is InChI=1S/C12H10N2O2/c13-7-1-3-9-12(5-7)16-11-4-2-8(15)6-10(11)14-9/h1-5,14H,6,13H2. The summed E-state index contributed by atoms with van der Waals surface area (Å²) in [6.07, 6.45) is 3.56. The summed E-state index contributed by atoms with van der Waals surface area (Å²) in [5, 5.41) is 3.18. The van der Waals surface area contributed by atoms with Crippen molar-refractivity contribution in [1.82, 2.24) is 0 Å². The highest BCUT2D eigenvalue weighted by Gasteiger charge is 2.22. The zero-order valence-electron chi connectivity index (χ0n) is 8.49. The summed E-state index contributed by atoms with van der Waals surface area (Å²) in [4.78, 5) is 11.2. The summed E-state index contributed by atoms with van der Waals surface area (Å²) in [7, 11) is 0. The monoisotopic (exact) mass is 214 g/mol. The molecule has 1 heterocycles. The van der Waals surface area contributed by atoms with E-state index in [0.29, 0.717) is 23.6 Å². The Morgan fingerprint density at radius 2 is 2.19 bits per heavy atom. The van der Waals surface area contributed by atoms with E-state index in [9.17, 15) is 4.79 Å². The summed E-state index contributed by atoms with van der Waals surface area (Å²) < 4.78 is 5.66. The Morgan fingerprint density at radius 1 is 1.31 bits per heavy atom. The number of ketones is 1. The van der Waals surface area contributed by atoms with Gasteiger partial charge in [0, 0.05) is 11.8 Å². The number of ether oxygens (including phenoxy) is 1. The number of allylic oxidation sites excluding steroid dienone is 3. The number of hydrogen-bond donors (Lipinski definition) is 2. The largest absolute Gasteiger partial charge is 0.453 e. The third kappa shape index (κ3) is 1.35. The number of benzene rings is 1. The number of carbonyl (C=O) groups excluding carboxylic acids is 1. The molecule has 80 valence electrons. The molecule has 0 unspecified atom stereocenters. The average Bonchev–Trinajstić information content (AvgIpc) is 2.26. The number of nitrogens with one attached hydrogen (secondary N) is 1. The third-order valence-corrected chi connectivity index (χ3v) is 2.58. The molecule has 0 saturated heterocycles. The fraction of sp³-hybridized carbons (Fsp3) is 0.0833. The first-order chi connectivity index (χ1) is 7.72. The van der Waals surface area contributed by atoms with E-state index < -0.39 is 0 Å². The van der Waals surface area contributed by atoms with Gasteiger partial charge in [0.25, 0.3) is 0 Å². The first kappa shape index (κ1) is 9.03. The normalized spacial score (nSPS) is 17.4. The van der Waals surface area contributed by atoms with Crippen molar-refractivity contribution in [2.24, 2.45) is 0 Å². The van der Waals surface area contributed by atoms with Crippen molar-refractivity contribution < 1.29 is 9.53 Å². The SMILES string of the molecule is Nc1ccc2c(c1)OC1=C(CC(=O)C=C1)N2. The Morgan fingerprint density at radius 3 is 3.06 bits per heavy atom.